The van der Waals surface area contributed by atoms with Crippen molar-refractivity contribution in [2.75, 3.05) is 18.0 Å². The van der Waals surface area contributed by atoms with Gasteiger partial charge < -0.3 is 10.2 Å². The molecule has 120 valence electrons. The molecule has 0 saturated carbocycles. The summed E-state index contributed by atoms with van der Waals surface area (Å²) >= 11 is 0. The Bertz CT molecular complexity index is 634. The lowest BCUT2D eigenvalue weighted by molar-refractivity contribution is 0.0945. The maximum Gasteiger partial charge on any atom is 0.270 e. The largest absolute Gasteiger partial charge is 0.370 e. The van der Waals surface area contributed by atoms with Crippen LogP contribution in [0.25, 0.3) is 0 Å². The molecule has 0 spiro atoms. The number of amides is 1. The topological polar surface area (TPSA) is 58.1 Å². The molecule has 1 amide bonds. The Morgan fingerprint density at radius 3 is 2.70 bits per heavy atom. The molecule has 2 aromatic heterocycles. The van der Waals surface area contributed by atoms with Crippen LogP contribution in [0, 0.1) is 5.92 Å². The van der Waals surface area contributed by atoms with E-state index in [4.69, 9.17) is 0 Å². The normalized spacial score (nSPS) is 15.4. The first-order valence-electron chi connectivity index (χ1n) is 8.11. The number of nitrogens with one attached hydrogen (secondary N) is 1. The second kappa shape index (κ2) is 7.22. The number of pyridine rings is 2. The number of anilines is 1. The summed E-state index contributed by atoms with van der Waals surface area (Å²) in [6.07, 6.45) is 5.94. The molecule has 3 rings (SSSR count). The van der Waals surface area contributed by atoms with Gasteiger partial charge in [-0.3, -0.25) is 9.78 Å². The molecule has 0 radical (unpaired) electrons. The van der Waals surface area contributed by atoms with E-state index in [9.17, 15) is 4.79 Å². The highest BCUT2D eigenvalue weighted by molar-refractivity contribution is 5.92. The third-order valence-electron chi connectivity index (χ3n) is 4.29. The zero-order valence-electron chi connectivity index (χ0n) is 13.4. The van der Waals surface area contributed by atoms with Gasteiger partial charge in [-0.25, -0.2) is 4.98 Å². The number of carbonyl (C=O) groups is 1. The standard InChI is InChI=1S/C18H22N4O/c1-14-7-10-22(11-8-14)16-5-6-17(20-13-16)18(23)21-12-15-4-2-3-9-19-15/h2-6,9,13-14H,7-8,10-12H2,1H3,(H,21,23). The maximum atomic E-state index is 12.1. The van der Waals surface area contributed by atoms with Crippen LogP contribution in [0.1, 0.15) is 35.9 Å². The number of rotatable bonds is 4. The Morgan fingerprint density at radius 2 is 2.04 bits per heavy atom. The van der Waals surface area contributed by atoms with Gasteiger partial charge in [0.25, 0.3) is 5.91 Å². The Hall–Kier alpha value is -2.43. The smallest absolute Gasteiger partial charge is 0.270 e. The van der Waals surface area contributed by atoms with Gasteiger partial charge in [0, 0.05) is 19.3 Å². The van der Waals surface area contributed by atoms with Gasteiger partial charge in [-0.2, -0.15) is 0 Å². The van der Waals surface area contributed by atoms with E-state index in [-0.39, 0.29) is 5.91 Å². The minimum Gasteiger partial charge on any atom is -0.370 e. The third kappa shape index (κ3) is 4.06. The van der Waals surface area contributed by atoms with E-state index in [1.165, 1.54) is 12.8 Å². The van der Waals surface area contributed by atoms with Gasteiger partial charge in [0.15, 0.2) is 0 Å². The van der Waals surface area contributed by atoms with Crippen molar-refractivity contribution in [1.82, 2.24) is 15.3 Å². The first-order valence-corrected chi connectivity index (χ1v) is 8.11. The van der Waals surface area contributed by atoms with Crippen molar-refractivity contribution in [3.05, 3.63) is 54.1 Å². The lowest BCUT2D eigenvalue weighted by Crippen LogP contribution is -2.33. The van der Waals surface area contributed by atoms with Crippen LogP contribution in [0.4, 0.5) is 5.69 Å². The summed E-state index contributed by atoms with van der Waals surface area (Å²) in [5.41, 5.74) is 2.37. The molecule has 0 bridgehead atoms. The highest BCUT2D eigenvalue weighted by Crippen LogP contribution is 2.22. The van der Waals surface area contributed by atoms with Crippen LogP contribution in [-0.4, -0.2) is 29.0 Å². The van der Waals surface area contributed by atoms with E-state index >= 15 is 0 Å². The van der Waals surface area contributed by atoms with Crippen LogP contribution in [0.15, 0.2) is 42.7 Å². The predicted octanol–water partition coefficient (Wildman–Crippen LogP) is 2.64. The highest BCUT2D eigenvalue weighted by Gasteiger charge is 2.16. The van der Waals surface area contributed by atoms with Crippen LogP contribution >= 0.6 is 0 Å². The van der Waals surface area contributed by atoms with Crippen LogP contribution in [0.3, 0.4) is 0 Å². The molecule has 1 N–H and O–H groups in total. The predicted molar refractivity (Wildman–Crippen MR) is 90.3 cm³/mol. The molecule has 23 heavy (non-hydrogen) atoms. The summed E-state index contributed by atoms with van der Waals surface area (Å²) in [5, 5.41) is 2.84. The molecular formula is C18H22N4O. The zero-order chi connectivity index (χ0) is 16.1. The van der Waals surface area contributed by atoms with Crippen molar-refractivity contribution in [2.24, 2.45) is 5.92 Å². The van der Waals surface area contributed by atoms with Gasteiger partial charge in [0.2, 0.25) is 0 Å². The lowest BCUT2D eigenvalue weighted by atomic mass is 9.99. The summed E-state index contributed by atoms with van der Waals surface area (Å²) < 4.78 is 0. The van der Waals surface area contributed by atoms with Crippen LogP contribution < -0.4 is 10.2 Å². The SMILES string of the molecule is CC1CCN(c2ccc(C(=O)NCc3ccccn3)nc2)CC1. The van der Waals surface area contributed by atoms with E-state index in [1.807, 2.05) is 24.3 Å². The third-order valence-corrected chi connectivity index (χ3v) is 4.29. The molecule has 0 atom stereocenters. The Morgan fingerprint density at radius 1 is 1.22 bits per heavy atom. The Labute approximate surface area is 136 Å². The fourth-order valence-electron chi connectivity index (χ4n) is 2.74. The van der Waals surface area contributed by atoms with Crippen molar-refractivity contribution >= 4 is 11.6 Å². The molecule has 0 unspecified atom stereocenters. The van der Waals surface area contributed by atoms with Crippen molar-refractivity contribution in [2.45, 2.75) is 26.3 Å². The fourth-order valence-corrected chi connectivity index (χ4v) is 2.74. The minimum absolute atomic E-state index is 0.172. The first-order chi connectivity index (χ1) is 11.2. The summed E-state index contributed by atoms with van der Waals surface area (Å²) in [5.74, 6) is 0.630. The quantitative estimate of drug-likeness (QED) is 0.943. The molecule has 2 aromatic rings. The molecule has 1 saturated heterocycles. The average molecular weight is 310 g/mol. The first kappa shape index (κ1) is 15.5. The molecule has 1 aliphatic heterocycles. The summed E-state index contributed by atoms with van der Waals surface area (Å²) in [7, 11) is 0. The van der Waals surface area contributed by atoms with Gasteiger partial charge in [-0.1, -0.05) is 13.0 Å². The molecule has 5 nitrogen and oxygen atoms in total. The number of carbonyl (C=O) groups excluding carboxylic acids is 1. The molecule has 3 heterocycles. The molecule has 0 aliphatic carbocycles. The average Bonchev–Trinajstić information content (AvgIpc) is 2.61. The van der Waals surface area contributed by atoms with Crippen LogP contribution in [-0.2, 0) is 6.54 Å². The fraction of sp³-hybridized carbons (Fsp3) is 0.389. The second-order valence-corrected chi connectivity index (χ2v) is 6.07. The highest BCUT2D eigenvalue weighted by atomic mass is 16.1. The van der Waals surface area contributed by atoms with E-state index in [1.54, 1.807) is 18.5 Å². The van der Waals surface area contributed by atoms with Crippen molar-refractivity contribution < 1.29 is 4.79 Å². The molecular weight excluding hydrogens is 288 g/mol. The number of aromatic nitrogens is 2. The molecule has 5 heteroatoms. The van der Waals surface area contributed by atoms with Crippen molar-refractivity contribution in [3.63, 3.8) is 0 Å². The number of hydrogen-bond donors (Lipinski definition) is 1. The number of piperidine rings is 1. The van der Waals surface area contributed by atoms with Crippen LogP contribution in [0.2, 0.25) is 0 Å². The van der Waals surface area contributed by atoms with Gasteiger partial charge in [-0.05, 0) is 43.0 Å². The second-order valence-electron chi connectivity index (χ2n) is 6.07. The van der Waals surface area contributed by atoms with Crippen molar-refractivity contribution in [3.8, 4) is 0 Å². The lowest BCUT2D eigenvalue weighted by Gasteiger charge is -2.31. The van der Waals surface area contributed by atoms with Gasteiger partial charge >= 0.3 is 0 Å². The zero-order valence-corrected chi connectivity index (χ0v) is 13.4. The van der Waals surface area contributed by atoms with Gasteiger partial charge in [0.05, 0.1) is 24.1 Å². The van der Waals surface area contributed by atoms with E-state index in [2.05, 4.69) is 27.1 Å². The molecule has 0 aromatic carbocycles. The van der Waals surface area contributed by atoms with E-state index < -0.39 is 0 Å². The summed E-state index contributed by atoms with van der Waals surface area (Å²) in [4.78, 5) is 23.0. The van der Waals surface area contributed by atoms with E-state index in [0.29, 0.717) is 12.2 Å². The number of hydrogen-bond acceptors (Lipinski definition) is 4. The summed E-state index contributed by atoms with van der Waals surface area (Å²) in [6, 6.07) is 9.42. The van der Waals surface area contributed by atoms with Gasteiger partial charge in [-0.15, -0.1) is 0 Å². The van der Waals surface area contributed by atoms with Crippen molar-refractivity contribution in [1.29, 1.82) is 0 Å². The summed E-state index contributed by atoms with van der Waals surface area (Å²) in [6.45, 7) is 4.83. The molecule has 1 aliphatic rings. The Kier molecular flexibility index (Phi) is 4.86. The van der Waals surface area contributed by atoms with Crippen LogP contribution in [0.5, 0.6) is 0 Å². The maximum absolute atomic E-state index is 12.1. The number of nitrogens with zero attached hydrogens (tertiary/aromatic N) is 3. The van der Waals surface area contributed by atoms with E-state index in [0.717, 1.165) is 30.4 Å². The monoisotopic (exact) mass is 310 g/mol. The minimum atomic E-state index is -0.172. The molecule has 1 fully saturated rings. The van der Waals surface area contributed by atoms with Gasteiger partial charge in [0.1, 0.15) is 5.69 Å². The Balaban J connectivity index is 1.57.